The van der Waals surface area contributed by atoms with Gasteiger partial charge in [-0.3, -0.25) is 14.5 Å². The molecule has 5 heterocycles. The highest BCUT2D eigenvalue weighted by Crippen LogP contribution is 2.37. The molecule has 10 heteroatoms. The van der Waals surface area contributed by atoms with Gasteiger partial charge in [-0.25, -0.2) is 14.7 Å². The molecule has 7 rings (SSSR count). The zero-order valence-corrected chi connectivity index (χ0v) is 25.5. The third-order valence-electron chi connectivity index (χ3n) is 9.00. The monoisotopic (exact) mass is 627 g/mol. The van der Waals surface area contributed by atoms with Gasteiger partial charge in [-0.2, -0.15) is 5.10 Å². The number of nitrogens with zero attached hydrogens (tertiary/aromatic N) is 7. The molecule has 2 unspecified atom stereocenters. The van der Waals surface area contributed by atoms with Crippen LogP contribution in [0.1, 0.15) is 65.1 Å². The van der Waals surface area contributed by atoms with Gasteiger partial charge in [0.2, 0.25) is 5.91 Å². The first kappa shape index (κ1) is 27.2. The number of carbonyl (C=O) groups is 2. The van der Waals surface area contributed by atoms with Gasteiger partial charge < -0.3 is 9.80 Å². The van der Waals surface area contributed by atoms with Crippen molar-refractivity contribution in [1.82, 2.24) is 24.5 Å². The van der Waals surface area contributed by atoms with Crippen molar-refractivity contribution in [2.75, 3.05) is 32.7 Å². The van der Waals surface area contributed by atoms with Gasteiger partial charge in [-0.05, 0) is 64.2 Å². The summed E-state index contributed by atoms with van der Waals surface area (Å²) < 4.78 is 2.89. The van der Waals surface area contributed by atoms with Crippen molar-refractivity contribution in [3.63, 3.8) is 0 Å². The zero-order chi connectivity index (χ0) is 29.1. The van der Waals surface area contributed by atoms with Gasteiger partial charge in [0.15, 0.2) is 6.29 Å². The summed E-state index contributed by atoms with van der Waals surface area (Å²) in [7, 11) is 0. The van der Waals surface area contributed by atoms with Crippen molar-refractivity contribution in [3.05, 3.63) is 92.3 Å². The van der Waals surface area contributed by atoms with E-state index >= 15 is 0 Å². The van der Waals surface area contributed by atoms with Crippen LogP contribution in [0.3, 0.4) is 0 Å². The van der Waals surface area contributed by atoms with Crippen molar-refractivity contribution >= 4 is 27.7 Å². The Morgan fingerprint density at radius 3 is 2.45 bits per heavy atom. The van der Waals surface area contributed by atoms with Gasteiger partial charge in [0, 0.05) is 55.6 Å². The number of fused-ring (bicyclic) bond motifs is 1. The number of carbonyl (C=O) groups excluding carboxylic acids is 2. The second kappa shape index (κ2) is 10.6. The Kier molecular flexibility index (Phi) is 6.85. The molecule has 216 valence electrons. The third kappa shape index (κ3) is 4.43. The van der Waals surface area contributed by atoms with Crippen molar-refractivity contribution in [1.29, 1.82) is 0 Å². The molecule has 1 aromatic heterocycles. The summed E-state index contributed by atoms with van der Waals surface area (Å²) in [6.45, 7) is 11.5. The van der Waals surface area contributed by atoms with E-state index in [1.807, 2.05) is 17.0 Å². The topological polar surface area (TPSA) is 86.4 Å². The molecular formula is C32H34BrN7O2. The average Bonchev–Trinajstić information content (AvgIpc) is 3.51. The Hall–Kier alpha value is -3.63. The molecule has 1 fully saturated rings. The van der Waals surface area contributed by atoms with Gasteiger partial charge in [-0.15, -0.1) is 0 Å². The maximum Gasteiger partial charge on any atom is 0.256 e. The summed E-state index contributed by atoms with van der Waals surface area (Å²) in [6.07, 6.45) is 3.51. The van der Waals surface area contributed by atoms with Gasteiger partial charge in [0.05, 0.1) is 28.7 Å². The molecule has 9 nitrogen and oxygen atoms in total. The van der Waals surface area contributed by atoms with Crippen LogP contribution in [0, 0.1) is 0 Å². The average molecular weight is 629 g/mol. The Morgan fingerprint density at radius 2 is 1.76 bits per heavy atom. The number of halogens is 1. The molecule has 0 N–H and O–H groups in total. The third-order valence-corrected chi connectivity index (χ3v) is 9.64. The fourth-order valence-corrected chi connectivity index (χ4v) is 6.93. The Balaban J connectivity index is 1.30. The Labute approximate surface area is 253 Å². The summed E-state index contributed by atoms with van der Waals surface area (Å²) in [5, 5.41) is 6.47. The Morgan fingerprint density at radius 1 is 1.00 bits per heavy atom. The van der Waals surface area contributed by atoms with Crippen LogP contribution in [-0.4, -0.2) is 75.3 Å². The number of likely N-dealkylation sites (tertiary alicyclic amines) is 1. The minimum Gasteiger partial charge on any atom is -0.336 e. The standard InChI is InChI=1S/C32H34BrN7O2/c1-4-27(41)38-16-12-24-28-25(40(36-24)21-8-6-20(7-9-21)19(2)3)13-17-39(26(28)18-38)31(42)22-10-11-23(33)30-29(22)34-32(35-30)37-14-5-15-37/h4,6-11,19,26,32H,1,5,12-18H2,2-3H3. The van der Waals surface area contributed by atoms with E-state index in [1.54, 1.807) is 4.90 Å². The lowest BCUT2D eigenvalue weighted by Crippen LogP contribution is -2.47. The van der Waals surface area contributed by atoms with Gasteiger partial charge in [-0.1, -0.05) is 32.6 Å². The smallest absolute Gasteiger partial charge is 0.256 e. The molecule has 2 aromatic carbocycles. The molecule has 42 heavy (non-hydrogen) atoms. The molecule has 1 saturated heterocycles. The molecule has 0 radical (unpaired) electrons. The van der Waals surface area contributed by atoms with Gasteiger partial charge in [0.1, 0.15) is 10.7 Å². The predicted octanol–water partition coefficient (Wildman–Crippen LogP) is 3.31. The van der Waals surface area contributed by atoms with E-state index in [0.29, 0.717) is 49.3 Å². The molecule has 0 aliphatic carbocycles. The molecule has 0 spiro atoms. The van der Waals surface area contributed by atoms with Gasteiger partial charge >= 0.3 is 0 Å². The number of hydrogen-bond donors (Lipinski definition) is 0. The van der Waals surface area contributed by atoms with Crippen LogP contribution in [0.5, 0.6) is 0 Å². The fourth-order valence-electron chi connectivity index (χ4n) is 6.51. The number of rotatable bonds is 5. The highest BCUT2D eigenvalue weighted by Gasteiger charge is 2.40. The predicted molar refractivity (Wildman–Crippen MR) is 162 cm³/mol. The summed E-state index contributed by atoms with van der Waals surface area (Å²) in [6, 6.07) is 12.0. The maximum absolute atomic E-state index is 14.4. The molecule has 0 bridgehead atoms. The first-order valence-electron chi connectivity index (χ1n) is 14.8. The van der Waals surface area contributed by atoms with Crippen molar-refractivity contribution in [2.24, 2.45) is 9.98 Å². The number of benzene rings is 2. The van der Waals surface area contributed by atoms with Gasteiger partial charge in [0.25, 0.3) is 5.91 Å². The summed E-state index contributed by atoms with van der Waals surface area (Å²) in [5.41, 5.74) is 5.97. The van der Waals surface area contributed by atoms with Crippen molar-refractivity contribution in [2.45, 2.75) is 51.4 Å². The lowest BCUT2D eigenvalue weighted by Gasteiger charge is -2.38. The first-order chi connectivity index (χ1) is 20.3. The lowest BCUT2D eigenvalue weighted by molar-refractivity contribution is -0.126. The van der Waals surface area contributed by atoms with Crippen LogP contribution in [0.4, 0.5) is 0 Å². The highest BCUT2D eigenvalue weighted by atomic mass is 79.9. The fraction of sp³-hybridized carbons (Fsp3) is 0.406. The van der Waals surface area contributed by atoms with E-state index in [1.165, 1.54) is 11.6 Å². The highest BCUT2D eigenvalue weighted by molar-refractivity contribution is 9.10. The molecule has 2 amide bonds. The Bertz CT molecular complexity index is 1720. The molecular weight excluding hydrogens is 594 g/mol. The van der Waals surface area contributed by atoms with Crippen LogP contribution in [0.15, 0.2) is 63.5 Å². The van der Waals surface area contributed by atoms with E-state index < -0.39 is 0 Å². The van der Waals surface area contributed by atoms with E-state index in [4.69, 9.17) is 15.1 Å². The zero-order valence-electron chi connectivity index (χ0n) is 24.0. The van der Waals surface area contributed by atoms with Crippen LogP contribution < -0.4 is 10.7 Å². The molecule has 4 aliphatic rings. The molecule has 3 aromatic rings. The van der Waals surface area contributed by atoms with E-state index in [2.05, 4.69) is 70.2 Å². The molecule has 0 saturated carbocycles. The maximum atomic E-state index is 14.4. The number of hydrogen-bond acceptors (Lipinski definition) is 6. The van der Waals surface area contributed by atoms with Crippen LogP contribution in [-0.2, 0) is 17.6 Å². The van der Waals surface area contributed by atoms with Crippen molar-refractivity contribution in [3.8, 4) is 5.69 Å². The van der Waals surface area contributed by atoms with E-state index in [0.717, 1.165) is 52.0 Å². The van der Waals surface area contributed by atoms with Crippen LogP contribution in [0.2, 0.25) is 0 Å². The minimum absolute atomic E-state index is 0.0921. The van der Waals surface area contributed by atoms with Crippen molar-refractivity contribution < 1.29 is 9.59 Å². The molecule has 4 aliphatic heterocycles. The van der Waals surface area contributed by atoms with Crippen LogP contribution in [0.25, 0.3) is 5.69 Å². The van der Waals surface area contributed by atoms with E-state index in [-0.39, 0.29) is 24.1 Å². The van der Waals surface area contributed by atoms with Crippen LogP contribution >= 0.6 is 15.9 Å². The first-order valence-corrected chi connectivity index (χ1v) is 15.5. The SMILES string of the molecule is C=CC(=O)N1CCc2nn(-c3ccc(C(C)C)cc3)c3c2C(C1)N(C(=O)c1ccc(Br)c2c1=NC(N1CCC1)N=2)CC3. The summed E-state index contributed by atoms with van der Waals surface area (Å²) in [5.74, 6) is 0.225. The summed E-state index contributed by atoms with van der Waals surface area (Å²) >= 11 is 3.63. The lowest BCUT2D eigenvalue weighted by atomic mass is 9.94. The minimum atomic E-state index is -0.324. The number of aromatic nitrogens is 2. The normalized spacial score (nSPS) is 21.1. The van der Waals surface area contributed by atoms with E-state index in [9.17, 15) is 9.59 Å². The number of amides is 2. The second-order valence-corrected chi connectivity index (χ2v) is 12.6. The quantitative estimate of drug-likeness (QED) is 0.406. The molecule has 2 atom stereocenters. The second-order valence-electron chi connectivity index (χ2n) is 11.8. The largest absolute Gasteiger partial charge is 0.336 e. The summed E-state index contributed by atoms with van der Waals surface area (Å²) in [4.78, 5) is 42.9.